The van der Waals surface area contributed by atoms with Crippen LogP contribution in [0.1, 0.15) is 18.1 Å². The van der Waals surface area contributed by atoms with Gasteiger partial charge in [-0.25, -0.2) is 0 Å². The van der Waals surface area contributed by atoms with E-state index in [1.807, 2.05) is 32.0 Å². The molecule has 2 heterocycles. The Kier molecular flexibility index (Phi) is 7.92. The third kappa shape index (κ3) is 6.56. The van der Waals surface area contributed by atoms with Crippen molar-refractivity contribution in [2.75, 3.05) is 11.9 Å². The van der Waals surface area contributed by atoms with Crippen molar-refractivity contribution >= 4 is 29.3 Å². The second-order valence-corrected chi connectivity index (χ2v) is 8.84. The van der Waals surface area contributed by atoms with Crippen molar-refractivity contribution < 1.29 is 22.8 Å². The molecule has 34 heavy (non-hydrogen) atoms. The Labute approximate surface area is 198 Å². The van der Waals surface area contributed by atoms with Gasteiger partial charge in [0.25, 0.3) is 0 Å². The Balaban J connectivity index is 1.66. The summed E-state index contributed by atoms with van der Waals surface area (Å²) in [6.45, 7) is 3.64. The maximum atomic E-state index is 13.2. The number of hydrogen-bond donors (Lipinski definition) is 2. The SMILES string of the molecule is Cc1cccc(C)c1NC(=O)CNC(=O)C(C)Sc1nnc(-c2ccncc2)n1CC(F)(F)F. The number of anilines is 1. The summed E-state index contributed by atoms with van der Waals surface area (Å²) in [6.07, 6.45) is -1.64. The number of para-hydroxylation sites is 1. The lowest BCUT2D eigenvalue weighted by Crippen LogP contribution is -2.37. The number of carbonyl (C=O) groups is 2. The minimum atomic E-state index is -4.52. The van der Waals surface area contributed by atoms with E-state index in [1.54, 1.807) is 0 Å². The fourth-order valence-corrected chi connectivity index (χ4v) is 4.00. The molecule has 2 N–H and O–H groups in total. The van der Waals surface area contributed by atoms with E-state index in [2.05, 4.69) is 25.8 Å². The predicted octanol–water partition coefficient (Wildman–Crippen LogP) is 3.75. The Morgan fingerprint density at radius 2 is 1.74 bits per heavy atom. The van der Waals surface area contributed by atoms with Crippen LogP contribution < -0.4 is 10.6 Å². The van der Waals surface area contributed by atoms with Crippen LogP contribution in [0.15, 0.2) is 47.9 Å². The molecule has 0 spiro atoms. The molecule has 0 bridgehead atoms. The van der Waals surface area contributed by atoms with Gasteiger partial charge in [0.1, 0.15) is 6.54 Å². The molecule has 1 aromatic carbocycles. The van der Waals surface area contributed by atoms with Gasteiger partial charge in [-0.05, 0) is 44.0 Å². The largest absolute Gasteiger partial charge is 0.406 e. The zero-order valence-corrected chi connectivity index (χ0v) is 19.5. The van der Waals surface area contributed by atoms with Crippen molar-refractivity contribution in [2.45, 2.75) is 43.9 Å². The highest BCUT2D eigenvalue weighted by Crippen LogP contribution is 2.30. The van der Waals surface area contributed by atoms with Crippen molar-refractivity contribution in [3.05, 3.63) is 53.9 Å². The molecule has 0 aliphatic rings. The van der Waals surface area contributed by atoms with Crippen molar-refractivity contribution in [2.24, 2.45) is 0 Å². The van der Waals surface area contributed by atoms with Crippen LogP contribution in [0.25, 0.3) is 11.4 Å². The zero-order chi connectivity index (χ0) is 24.9. The van der Waals surface area contributed by atoms with E-state index >= 15 is 0 Å². The van der Waals surface area contributed by atoms with Gasteiger partial charge in [-0.1, -0.05) is 30.0 Å². The maximum Gasteiger partial charge on any atom is 0.406 e. The van der Waals surface area contributed by atoms with E-state index in [0.717, 1.165) is 27.5 Å². The first-order chi connectivity index (χ1) is 16.0. The molecule has 2 aromatic heterocycles. The van der Waals surface area contributed by atoms with Gasteiger partial charge >= 0.3 is 6.18 Å². The van der Waals surface area contributed by atoms with Crippen LogP contribution in [0, 0.1) is 13.8 Å². The van der Waals surface area contributed by atoms with E-state index in [0.29, 0.717) is 11.3 Å². The summed E-state index contributed by atoms with van der Waals surface area (Å²) in [6, 6.07) is 8.64. The maximum absolute atomic E-state index is 13.2. The first-order valence-corrected chi connectivity index (χ1v) is 11.1. The number of benzene rings is 1. The van der Waals surface area contributed by atoms with Crippen LogP contribution in [0.3, 0.4) is 0 Å². The Bertz CT molecular complexity index is 1150. The summed E-state index contributed by atoms with van der Waals surface area (Å²) >= 11 is 0.825. The highest BCUT2D eigenvalue weighted by Gasteiger charge is 2.32. The molecular weight excluding hydrogens is 469 g/mol. The topological polar surface area (TPSA) is 102 Å². The minimum absolute atomic E-state index is 0.0165. The molecule has 0 fully saturated rings. The van der Waals surface area contributed by atoms with Gasteiger partial charge in [0, 0.05) is 23.6 Å². The number of amides is 2. The molecule has 0 aliphatic carbocycles. The summed E-state index contributed by atoms with van der Waals surface area (Å²) in [4.78, 5) is 28.6. The van der Waals surface area contributed by atoms with Gasteiger partial charge in [0.2, 0.25) is 11.8 Å². The number of carbonyl (C=O) groups excluding carboxylic acids is 2. The average molecular weight is 493 g/mol. The molecule has 1 atom stereocenters. The number of halogens is 3. The Hall–Kier alpha value is -3.41. The van der Waals surface area contributed by atoms with Crippen molar-refractivity contribution in [3.63, 3.8) is 0 Å². The zero-order valence-electron chi connectivity index (χ0n) is 18.7. The summed E-state index contributed by atoms with van der Waals surface area (Å²) in [5.41, 5.74) is 2.86. The molecule has 2 amide bonds. The van der Waals surface area contributed by atoms with E-state index in [9.17, 15) is 22.8 Å². The molecule has 180 valence electrons. The second kappa shape index (κ2) is 10.7. The summed E-state index contributed by atoms with van der Waals surface area (Å²) in [5, 5.41) is 12.1. The highest BCUT2D eigenvalue weighted by atomic mass is 32.2. The first kappa shape index (κ1) is 25.2. The molecule has 0 saturated carbocycles. The molecule has 3 aromatic rings. The van der Waals surface area contributed by atoms with Crippen LogP contribution in [-0.2, 0) is 16.1 Å². The van der Waals surface area contributed by atoms with Gasteiger partial charge in [-0.15, -0.1) is 10.2 Å². The molecular formula is C22H23F3N6O2S. The number of nitrogens with zero attached hydrogens (tertiary/aromatic N) is 4. The number of thioether (sulfide) groups is 1. The van der Waals surface area contributed by atoms with E-state index in [4.69, 9.17) is 0 Å². The van der Waals surface area contributed by atoms with Gasteiger partial charge in [-0.3, -0.25) is 19.1 Å². The van der Waals surface area contributed by atoms with Crippen LogP contribution in [-0.4, -0.2) is 49.5 Å². The molecule has 0 aliphatic heterocycles. The predicted molar refractivity (Wildman–Crippen MR) is 122 cm³/mol. The number of hydrogen-bond acceptors (Lipinski definition) is 6. The van der Waals surface area contributed by atoms with Crippen LogP contribution in [0.4, 0.5) is 18.9 Å². The van der Waals surface area contributed by atoms with Gasteiger partial charge in [0.15, 0.2) is 11.0 Å². The second-order valence-electron chi connectivity index (χ2n) is 7.54. The third-order valence-electron chi connectivity index (χ3n) is 4.81. The number of aryl methyl sites for hydroxylation is 2. The lowest BCUT2D eigenvalue weighted by Gasteiger charge is -2.15. The van der Waals surface area contributed by atoms with Gasteiger partial charge in [0.05, 0.1) is 11.8 Å². The molecule has 12 heteroatoms. The smallest absolute Gasteiger partial charge is 0.346 e. The Morgan fingerprint density at radius 3 is 2.35 bits per heavy atom. The van der Waals surface area contributed by atoms with E-state index in [-0.39, 0.29) is 17.5 Å². The third-order valence-corrected chi connectivity index (χ3v) is 5.89. The molecule has 0 radical (unpaired) electrons. The van der Waals surface area contributed by atoms with Gasteiger partial charge in [-0.2, -0.15) is 13.2 Å². The lowest BCUT2D eigenvalue weighted by atomic mass is 10.1. The first-order valence-electron chi connectivity index (χ1n) is 10.3. The summed E-state index contributed by atoms with van der Waals surface area (Å²) in [5.74, 6) is -0.917. The number of nitrogens with one attached hydrogen (secondary N) is 2. The highest BCUT2D eigenvalue weighted by molar-refractivity contribution is 8.00. The summed E-state index contributed by atoms with van der Waals surface area (Å²) < 4.78 is 40.6. The minimum Gasteiger partial charge on any atom is -0.346 e. The number of rotatable bonds is 8. The normalized spacial score (nSPS) is 12.3. The Morgan fingerprint density at radius 1 is 1.09 bits per heavy atom. The van der Waals surface area contributed by atoms with Crippen LogP contribution in [0.5, 0.6) is 0 Å². The monoisotopic (exact) mass is 492 g/mol. The molecule has 8 nitrogen and oxygen atoms in total. The van der Waals surface area contributed by atoms with Crippen LogP contribution >= 0.6 is 11.8 Å². The van der Waals surface area contributed by atoms with Gasteiger partial charge < -0.3 is 10.6 Å². The fraction of sp³-hybridized carbons (Fsp3) is 0.318. The van der Waals surface area contributed by atoms with E-state index < -0.39 is 29.8 Å². The number of pyridine rings is 1. The van der Waals surface area contributed by atoms with Crippen molar-refractivity contribution in [3.8, 4) is 11.4 Å². The standard InChI is InChI=1S/C22H23F3N6O2S/c1-13-5-4-6-14(2)18(13)28-17(32)11-27-20(33)15(3)34-21-30-29-19(16-7-9-26-10-8-16)31(21)12-22(23,24)25/h4-10,15H,11-12H2,1-3H3,(H,27,33)(H,28,32). The quantitative estimate of drug-likeness (QED) is 0.465. The average Bonchev–Trinajstić information content (AvgIpc) is 3.15. The number of aromatic nitrogens is 4. The van der Waals surface area contributed by atoms with Crippen molar-refractivity contribution in [1.82, 2.24) is 25.1 Å². The van der Waals surface area contributed by atoms with E-state index in [1.165, 1.54) is 31.5 Å². The van der Waals surface area contributed by atoms with Crippen molar-refractivity contribution in [1.29, 1.82) is 0 Å². The molecule has 3 rings (SSSR count). The van der Waals surface area contributed by atoms with Crippen LogP contribution in [0.2, 0.25) is 0 Å². The molecule has 0 saturated heterocycles. The molecule has 1 unspecified atom stereocenters. The lowest BCUT2D eigenvalue weighted by molar-refractivity contribution is -0.141. The fourth-order valence-electron chi connectivity index (χ4n) is 3.13. The summed E-state index contributed by atoms with van der Waals surface area (Å²) in [7, 11) is 0. The number of alkyl halides is 3.